The predicted octanol–water partition coefficient (Wildman–Crippen LogP) is 5.04. The van der Waals surface area contributed by atoms with Crippen LogP contribution in [0.15, 0.2) is 42.6 Å². The summed E-state index contributed by atoms with van der Waals surface area (Å²) in [5, 5.41) is 5.68. The number of benzene rings is 1. The highest BCUT2D eigenvalue weighted by molar-refractivity contribution is 5.99. The van der Waals surface area contributed by atoms with Crippen LogP contribution in [0, 0.1) is 5.82 Å². The molecule has 1 aromatic heterocycles. The first kappa shape index (κ1) is 20.1. The lowest BCUT2D eigenvalue weighted by atomic mass is 9.64. The molecule has 3 rings (SSSR count). The molecule has 0 spiro atoms. The number of aromatic nitrogens is 1. The normalized spacial score (nSPS) is 15.6. The number of nitrogens with zero attached hydrogens (tertiary/aromatic N) is 1. The van der Waals surface area contributed by atoms with Crippen molar-refractivity contribution < 1.29 is 22.4 Å². The van der Waals surface area contributed by atoms with Crippen molar-refractivity contribution in [1.82, 2.24) is 4.98 Å². The molecule has 1 aliphatic carbocycles. The van der Waals surface area contributed by atoms with Crippen molar-refractivity contribution in [3.8, 4) is 0 Å². The molecule has 0 saturated heterocycles. The van der Waals surface area contributed by atoms with Crippen LogP contribution in [0.25, 0.3) is 0 Å². The number of pyridine rings is 1. The first-order valence-electron chi connectivity index (χ1n) is 9.13. The number of nitrogens with one attached hydrogen (secondary N) is 2. The molecule has 1 amide bonds. The molecular formula is C20H21F4N3O. The van der Waals surface area contributed by atoms with Gasteiger partial charge in [-0.05, 0) is 55.2 Å². The van der Waals surface area contributed by atoms with Gasteiger partial charge in [-0.25, -0.2) is 9.37 Å². The van der Waals surface area contributed by atoms with Gasteiger partial charge in [0.05, 0.1) is 5.41 Å². The highest BCUT2D eigenvalue weighted by atomic mass is 19.4. The van der Waals surface area contributed by atoms with Crippen molar-refractivity contribution in [2.45, 2.75) is 43.7 Å². The predicted molar refractivity (Wildman–Crippen MR) is 98.6 cm³/mol. The Hall–Kier alpha value is -2.64. The minimum absolute atomic E-state index is 0.0308. The van der Waals surface area contributed by atoms with Crippen molar-refractivity contribution in [3.05, 3.63) is 54.0 Å². The van der Waals surface area contributed by atoms with Crippen molar-refractivity contribution in [3.63, 3.8) is 0 Å². The molecule has 1 saturated carbocycles. The van der Waals surface area contributed by atoms with Gasteiger partial charge in [0.1, 0.15) is 11.6 Å². The number of carbonyl (C=O) groups is 1. The summed E-state index contributed by atoms with van der Waals surface area (Å²) in [6.45, 7) is 0.169. The molecular weight excluding hydrogens is 374 g/mol. The molecule has 0 radical (unpaired) electrons. The quantitative estimate of drug-likeness (QED) is 0.510. The molecule has 28 heavy (non-hydrogen) atoms. The lowest BCUT2D eigenvalue weighted by Crippen LogP contribution is -2.46. The van der Waals surface area contributed by atoms with Crippen LogP contribution in [0.1, 0.15) is 37.7 Å². The Balaban J connectivity index is 1.62. The van der Waals surface area contributed by atoms with Crippen LogP contribution < -0.4 is 10.6 Å². The van der Waals surface area contributed by atoms with Gasteiger partial charge in [-0.3, -0.25) is 4.79 Å². The fraction of sp³-hybridized carbons (Fsp3) is 0.400. The summed E-state index contributed by atoms with van der Waals surface area (Å²) < 4.78 is 49.5. The van der Waals surface area contributed by atoms with E-state index in [1.807, 2.05) is 0 Å². The minimum atomic E-state index is -4.16. The van der Waals surface area contributed by atoms with E-state index in [0.717, 1.165) is 12.0 Å². The molecule has 0 aliphatic heterocycles. The van der Waals surface area contributed by atoms with Crippen LogP contribution in [-0.4, -0.2) is 23.6 Å². The molecule has 8 heteroatoms. The molecule has 2 aromatic rings. The molecule has 0 unspecified atom stereocenters. The summed E-state index contributed by atoms with van der Waals surface area (Å²) in [7, 11) is 0. The molecule has 2 N–H and O–H groups in total. The second kappa shape index (κ2) is 8.16. The Morgan fingerprint density at radius 2 is 1.82 bits per heavy atom. The van der Waals surface area contributed by atoms with Crippen molar-refractivity contribution in [2.75, 3.05) is 17.2 Å². The van der Waals surface area contributed by atoms with Crippen LogP contribution in [-0.2, 0) is 10.2 Å². The number of alkyl halides is 3. The van der Waals surface area contributed by atoms with Gasteiger partial charge in [0.15, 0.2) is 0 Å². The zero-order valence-corrected chi connectivity index (χ0v) is 15.2. The zero-order valence-electron chi connectivity index (χ0n) is 15.2. The topological polar surface area (TPSA) is 54.0 Å². The molecule has 4 nitrogen and oxygen atoms in total. The van der Waals surface area contributed by atoms with Crippen LogP contribution >= 0.6 is 0 Å². The van der Waals surface area contributed by atoms with E-state index in [2.05, 4.69) is 15.6 Å². The van der Waals surface area contributed by atoms with Crippen LogP contribution in [0.4, 0.5) is 29.1 Å². The summed E-state index contributed by atoms with van der Waals surface area (Å²) in [5.41, 5.74) is 0.601. The van der Waals surface area contributed by atoms with Gasteiger partial charge in [0.2, 0.25) is 5.91 Å². The Bertz CT molecular complexity index is 800. The standard InChI is InChI=1S/C20H21F4N3O/c21-15-4-6-16(7-5-15)27-18(28)19(9-1-10-19)14-3-8-17(26-13-14)25-12-2-11-20(22,23)24/h3-8,13H,1-2,9-12H2,(H,25,26)(H,27,28). The fourth-order valence-corrected chi connectivity index (χ4v) is 3.25. The number of carbonyl (C=O) groups excluding carboxylic acids is 1. The van der Waals surface area contributed by atoms with Gasteiger partial charge >= 0.3 is 6.18 Å². The number of amides is 1. The largest absolute Gasteiger partial charge is 0.389 e. The van der Waals surface area contributed by atoms with E-state index >= 15 is 0 Å². The van der Waals surface area contributed by atoms with E-state index < -0.39 is 18.0 Å². The maximum atomic E-state index is 13.0. The smallest absolute Gasteiger partial charge is 0.370 e. The second-order valence-electron chi connectivity index (χ2n) is 6.97. The number of hydrogen-bond donors (Lipinski definition) is 2. The highest BCUT2D eigenvalue weighted by Crippen LogP contribution is 2.44. The number of anilines is 2. The Labute approximate surface area is 160 Å². The second-order valence-corrected chi connectivity index (χ2v) is 6.97. The Morgan fingerprint density at radius 3 is 2.36 bits per heavy atom. The first-order valence-corrected chi connectivity index (χ1v) is 9.13. The summed E-state index contributed by atoms with van der Waals surface area (Å²) in [4.78, 5) is 17.1. The van der Waals surface area contributed by atoms with E-state index in [0.29, 0.717) is 24.3 Å². The molecule has 1 aliphatic rings. The van der Waals surface area contributed by atoms with Gasteiger partial charge in [0, 0.05) is 24.8 Å². The minimum Gasteiger partial charge on any atom is -0.370 e. The number of rotatable bonds is 7. The maximum Gasteiger partial charge on any atom is 0.389 e. The molecule has 1 aromatic carbocycles. The lowest BCUT2D eigenvalue weighted by Gasteiger charge is -2.40. The van der Waals surface area contributed by atoms with Gasteiger partial charge in [-0.1, -0.05) is 12.5 Å². The van der Waals surface area contributed by atoms with Gasteiger partial charge in [-0.2, -0.15) is 13.2 Å². The summed E-state index contributed by atoms with van der Waals surface area (Å²) >= 11 is 0. The van der Waals surface area contributed by atoms with E-state index in [-0.39, 0.29) is 24.7 Å². The monoisotopic (exact) mass is 395 g/mol. The third-order valence-electron chi connectivity index (χ3n) is 5.00. The third-order valence-corrected chi connectivity index (χ3v) is 5.00. The van der Waals surface area contributed by atoms with Crippen molar-refractivity contribution in [2.24, 2.45) is 0 Å². The van der Waals surface area contributed by atoms with E-state index in [1.54, 1.807) is 18.3 Å². The van der Waals surface area contributed by atoms with Crippen LogP contribution in [0.2, 0.25) is 0 Å². The Morgan fingerprint density at radius 1 is 1.11 bits per heavy atom. The zero-order chi connectivity index (χ0) is 20.2. The summed E-state index contributed by atoms with van der Waals surface area (Å²) in [6.07, 6.45) is -1.17. The summed E-state index contributed by atoms with van der Waals surface area (Å²) in [6, 6.07) is 9.03. The van der Waals surface area contributed by atoms with Gasteiger partial charge in [-0.15, -0.1) is 0 Å². The average Bonchev–Trinajstić information content (AvgIpc) is 2.60. The average molecular weight is 395 g/mol. The molecule has 1 heterocycles. The highest BCUT2D eigenvalue weighted by Gasteiger charge is 2.45. The molecule has 0 bridgehead atoms. The molecule has 150 valence electrons. The Kier molecular flexibility index (Phi) is 5.86. The third kappa shape index (κ3) is 4.79. The van der Waals surface area contributed by atoms with Crippen LogP contribution in [0.3, 0.4) is 0 Å². The molecule has 0 atom stereocenters. The maximum absolute atomic E-state index is 13.0. The van der Waals surface area contributed by atoms with Gasteiger partial charge in [0.25, 0.3) is 0 Å². The van der Waals surface area contributed by atoms with Crippen molar-refractivity contribution >= 4 is 17.4 Å². The van der Waals surface area contributed by atoms with Crippen LogP contribution in [0.5, 0.6) is 0 Å². The van der Waals surface area contributed by atoms with E-state index in [9.17, 15) is 22.4 Å². The van der Waals surface area contributed by atoms with Crippen molar-refractivity contribution in [1.29, 1.82) is 0 Å². The number of halogens is 4. The van der Waals surface area contributed by atoms with Gasteiger partial charge < -0.3 is 10.6 Å². The lowest BCUT2D eigenvalue weighted by molar-refractivity contribution is -0.134. The molecule has 1 fully saturated rings. The SMILES string of the molecule is O=C(Nc1ccc(F)cc1)C1(c2ccc(NCCCC(F)(F)F)nc2)CCC1. The van der Waals surface area contributed by atoms with E-state index in [1.165, 1.54) is 24.3 Å². The first-order chi connectivity index (χ1) is 13.3. The summed E-state index contributed by atoms with van der Waals surface area (Å²) in [5.74, 6) is -0.0729. The van der Waals surface area contributed by atoms with E-state index in [4.69, 9.17) is 0 Å². The number of hydrogen-bond acceptors (Lipinski definition) is 3. The fourth-order valence-electron chi connectivity index (χ4n) is 3.25.